The van der Waals surface area contributed by atoms with Gasteiger partial charge in [-0.3, -0.25) is 0 Å². The van der Waals surface area contributed by atoms with E-state index in [0.29, 0.717) is 6.42 Å². The summed E-state index contributed by atoms with van der Waals surface area (Å²) < 4.78 is 5.30. The third kappa shape index (κ3) is 3.56. The average Bonchev–Trinajstić information content (AvgIpc) is 2.34. The van der Waals surface area contributed by atoms with Gasteiger partial charge in [0, 0.05) is 25.1 Å². The van der Waals surface area contributed by atoms with Gasteiger partial charge in [0.05, 0.1) is 13.2 Å². The van der Waals surface area contributed by atoms with E-state index in [1.165, 1.54) is 5.56 Å². The van der Waals surface area contributed by atoms with Gasteiger partial charge in [-0.2, -0.15) is 5.26 Å². The molecule has 0 spiro atoms. The summed E-state index contributed by atoms with van der Waals surface area (Å²) in [4.78, 5) is 0. The normalized spacial score (nSPS) is 9.81. The van der Waals surface area contributed by atoms with Crippen molar-refractivity contribution in [2.24, 2.45) is 0 Å². The average molecular weight is 218 g/mol. The molecule has 0 heterocycles. The SMILES string of the molecule is CCc1ccc(OC)c(CNCCC#N)c1. The Labute approximate surface area is 97.0 Å². The number of methoxy groups -OCH3 is 1. The Kier molecular flexibility index (Phi) is 5.38. The topological polar surface area (TPSA) is 45.0 Å². The van der Waals surface area contributed by atoms with Crippen molar-refractivity contribution in [1.82, 2.24) is 5.32 Å². The smallest absolute Gasteiger partial charge is 0.123 e. The zero-order chi connectivity index (χ0) is 11.8. The molecule has 3 nitrogen and oxygen atoms in total. The van der Waals surface area contributed by atoms with E-state index < -0.39 is 0 Å². The molecule has 1 aromatic carbocycles. The first-order valence-corrected chi connectivity index (χ1v) is 5.55. The highest BCUT2D eigenvalue weighted by Crippen LogP contribution is 2.19. The van der Waals surface area contributed by atoms with E-state index in [4.69, 9.17) is 10.00 Å². The van der Waals surface area contributed by atoms with E-state index in [-0.39, 0.29) is 0 Å². The number of benzene rings is 1. The van der Waals surface area contributed by atoms with Crippen LogP contribution >= 0.6 is 0 Å². The second-order valence-corrected chi connectivity index (χ2v) is 3.58. The van der Waals surface area contributed by atoms with Crippen LogP contribution in [0.2, 0.25) is 0 Å². The van der Waals surface area contributed by atoms with Gasteiger partial charge in [-0.25, -0.2) is 0 Å². The second-order valence-electron chi connectivity index (χ2n) is 3.58. The lowest BCUT2D eigenvalue weighted by Crippen LogP contribution is -2.15. The molecule has 0 aliphatic heterocycles. The van der Waals surface area contributed by atoms with Gasteiger partial charge >= 0.3 is 0 Å². The molecule has 0 atom stereocenters. The molecule has 0 aromatic heterocycles. The molecule has 1 rings (SSSR count). The van der Waals surface area contributed by atoms with Crippen LogP contribution in [-0.4, -0.2) is 13.7 Å². The fourth-order valence-electron chi connectivity index (χ4n) is 1.56. The number of hydrogen-bond acceptors (Lipinski definition) is 3. The summed E-state index contributed by atoms with van der Waals surface area (Å²) >= 11 is 0. The summed E-state index contributed by atoms with van der Waals surface area (Å²) in [6.07, 6.45) is 1.56. The minimum absolute atomic E-state index is 0.537. The Balaban J connectivity index is 2.64. The molecular formula is C13H18N2O. The maximum absolute atomic E-state index is 8.43. The predicted molar refractivity (Wildman–Crippen MR) is 64.3 cm³/mol. The van der Waals surface area contributed by atoms with Gasteiger partial charge in [0.25, 0.3) is 0 Å². The summed E-state index contributed by atoms with van der Waals surface area (Å²) in [6.45, 7) is 3.60. The lowest BCUT2D eigenvalue weighted by atomic mass is 10.1. The van der Waals surface area contributed by atoms with Gasteiger partial charge in [0.15, 0.2) is 0 Å². The van der Waals surface area contributed by atoms with Crippen molar-refractivity contribution in [3.8, 4) is 11.8 Å². The number of nitriles is 1. The first kappa shape index (κ1) is 12.5. The Morgan fingerprint density at radius 1 is 1.44 bits per heavy atom. The Morgan fingerprint density at radius 3 is 2.88 bits per heavy atom. The van der Waals surface area contributed by atoms with E-state index in [2.05, 4.69) is 30.4 Å². The fraction of sp³-hybridized carbons (Fsp3) is 0.462. The molecule has 1 aromatic rings. The van der Waals surface area contributed by atoms with Gasteiger partial charge < -0.3 is 10.1 Å². The first-order chi connectivity index (χ1) is 7.81. The molecule has 0 saturated heterocycles. The molecule has 3 heteroatoms. The number of rotatable bonds is 6. The van der Waals surface area contributed by atoms with Crippen molar-refractivity contribution >= 4 is 0 Å². The third-order valence-corrected chi connectivity index (χ3v) is 2.48. The van der Waals surface area contributed by atoms with Gasteiger partial charge in [-0.1, -0.05) is 19.1 Å². The summed E-state index contributed by atoms with van der Waals surface area (Å²) in [5, 5.41) is 11.7. The highest BCUT2D eigenvalue weighted by atomic mass is 16.5. The Bertz CT molecular complexity index is 369. The molecule has 86 valence electrons. The minimum atomic E-state index is 0.537. The fourth-order valence-corrected chi connectivity index (χ4v) is 1.56. The lowest BCUT2D eigenvalue weighted by Gasteiger charge is -2.10. The third-order valence-electron chi connectivity index (χ3n) is 2.48. The molecule has 0 aliphatic rings. The van der Waals surface area contributed by atoms with E-state index in [9.17, 15) is 0 Å². The predicted octanol–water partition coefficient (Wildman–Crippen LogP) is 2.26. The molecule has 0 bridgehead atoms. The summed E-state index contributed by atoms with van der Waals surface area (Å²) in [7, 11) is 1.68. The Hall–Kier alpha value is -1.53. The molecule has 0 amide bonds. The van der Waals surface area contributed by atoms with Crippen molar-refractivity contribution in [3.63, 3.8) is 0 Å². The number of hydrogen-bond donors (Lipinski definition) is 1. The van der Waals surface area contributed by atoms with E-state index >= 15 is 0 Å². The molecule has 0 saturated carbocycles. The molecule has 0 unspecified atom stereocenters. The van der Waals surface area contributed by atoms with Gasteiger partial charge in [-0.05, 0) is 18.1 Å². The van der Waals surface area contributed by atoms with Crippen LogP contribution in [0.1, 0.15) is 24.5 Å². The van der Waals surface area contributed by atoms with Crippen LogP contribution in [0.5, 0.6) is 5.75 Å². The van der Waals surface area contributed by atoms with Gasteiger partial charge in [-0.15, -0.1) is 0 Å². The number of nitrogens with zero attached hydrogens (tertiary/aromatic N) is 1. The molecule has 1 N–H and O–H groups in total. The van der Waals surface area contributed by atoms with Crippen LogP contribution in [0.3, 0.4) is 0 Å². The molecule has 0 radical (unpaired) electrons. The van der Waals surface area contributed by atoms with Crippen LogP contribution < -0.4 is 10.1 Å². The van der Waals surface area contributed by atoms with Crippen LogP contribution in [0.4, 0.5) is 0 Å². The summed E-state index contributed by atoms with van der Waals surface area (Å²) in [6, 6.07) is 8.34. The molecule has 0 fully saturated rings. The summed E-state index contributed by atoms with van der Waals surface area (Å²) in [5.74, 6) is 0.904. The first-order valence-electron chi connectivity index (χ1n) is 5.55. The maximum atomic E-state index is 8.43. The Morgan fingerprint density at radius 2 is 2.25 bits per heavy atom. The maximum Gasteiger partial charge on any atom is 0.123 e. The highest BCUT2D eigenvalue weighted by molar-refractivity contribution is 5.37. The van der Waals surface area contributed by atoms with E-state index in [1.807, 2.05) is 6.07 Å². The van der Waals surface area contributed by atoms with Crippen molar-refractivity contribution in [2.75, 3.05) is 13.7 Å². The van der Waals surface area contributed by atoms with E-state index in [0.717, 1.165) is 30.8 Å². The second kappa shape index (κ2) is 6.86. The monoisotopic (exact) mass is 218 g/mol. The number of aryl methyl sites for hydroxylation is 1. The van der Waals surface area contributed by atoms with E-state index in [1.54, 1.807) is 7.11 Å². The van der Waals surface area contributed by atoms with Crippen LogP contribution in [0.25, 0.3) is 0 Å². The number of ether oxygens (including phenoxy) is 1. The largest absolute Gasteiger partial charge is 0.496 e. The van der Waals surface area contributed by atoms with Gasteiger partial charge in [0.2, 0.25) is 0 Å². The van der Waals surface area contributed by atoms with Crippen LogP contribution in [-0.2, 0) is 13.0 Å². The molecule has 16 heavy (non-hydrogen) atoms. The number of nitrogens with one attached hydrogen (secondary N) is 1. The quantitative estimate of drug-likeness (QED) is 0.745. The van der Waals surface area contributed by atoms with Crippen molar-refractivity contribution in [3.05, 3.63) is 29.3 Å². The standard InChI is InChI=1S/C13H18N2O/c1-3-11-5-6-13(16-2)12(9-11)10-15-8-4-7-14/h5-6,9,15H,3-4,8,10H2,1-2H3. The van der Waals surface area contributed by atoms with Crippen molar-refractivity contribution < 1.29 is 4.74 Å². The van der Waals surface area contributed by atoms with Crippen molar-refractivity contribution in [2.45, 2.75) is 26.3 Å². The lowest BCUT2D eigenvalue weighted by molar-refractivity contribution is 0.407. The van der Waals surface area contributed by atoms with Gasteiger partial charge in [0.1, 0.15) is 5.75 Å². The molecule has 0 aliphatic carbocycles. The van der Waals surface area contributed by atoms with Crippen molar-refractivity contribution in [1.29, 1.82) is 5.26 Å². The highest BCUT2D eigenvalue weighted by Gasteiger charge is 2.03. The zero-order valence-corrected chi connectivity index (χ0v) is 9.92. The van der Waals surface area contributed by atoms with Crippen LogP contribution in [0.15, 0.2) is 18.2 Å². The minimum Gasteiger partial charge on any atom is -0.496 e. The van der Waals surface area contributed by atoms with Crippen LogP contribution in [0, 0.1) is 11.3 Å². The molecular weight excluding hydrogens is 200 g/mol. The summed E-state index contributed by atoms with van der Waals surface area (Å²) in [5.41, 5.74) is 2.46. The zero-order valence-electron chi connectivity index (χ0n) is 9.92.